The molecule has 0 aliphatic carbocycles. The average Bonchev–Trinajstić information content (AvgIpc) is 3.46. The minimum absolute atomic E-state index is 0.0624. The lowest BCUT2D eigenvalue weighted by Gasteiger charge is -2.10. The highest BCUT2D eigenvalue weighted by Gasteiger charge is 2.14. The van der Waals surface area contributed by atoms with Crippen LogP contribution in [0.25, 0.3) is 22.4 Å². The number of benzene rings is 3. The number of aromatic nitrogens is 5. The van der Waals surface area contributed by atoms with Gasteiger partial charge in [-0.3, -0.25) is 13.9 Å². The van der Waals surface area contributed by atoms with Gasteiger partial charge in [-0.2, -0.15) is 0 Å². The summed E-state index contributed by atoms with van der Waals surface area (Å²) < 4.78 is 3.91. The number of fused-ring (bicyclic) bond motifs is 1. The number of hydrogen-bond acceptors (Lipinski definition) is 4. The number of para-hydroxylation sites is 3. The van der Waals surface area contributed by atoms with E-state index in [9.17, 15) is 4.79 Å². The normalized spacial score (nSPS) is 11.0. The maximum absolute atomic E-state index is 12.7. The smallest absolute Gasteiger partial charge is 0.224 e. The summed E-state index contributed by atoms with van der Waals surface area (Å²) in [5.74, 6) is 0.799. The zero-order valence-electron chi connectivity index (χ0n) is 16.7. The van der Waals surface area contributed by atoms with Crippen molar-refractivity contribution in [2.75, 3.05) is 5.32 Å². The quantitative estimate of drug-likeness (QED) is 0.457. The number of imidazole rings is 1. The first-order valence-corrected chi connectivity index (χ1v) is 10.0. The zero-order valence-corrected chi connectivity index (χ0v) is 16.7. The van der Waals surface area contributed by atoms with Crippen LogP contribution < -0.4 is 5.32 Å². The van der Waals surface area contributed by atoms with E-state index < -0.39 is 0 Å². The summed E-state index contributed by atoms with van der Waals surface area (Å²) in [4.78, 5) is 17.4. The summed E-state index contributed by atoms with van der Waals surface area (Å²) in [6, 6.07) is 25.7. The third-order valence-corrected chi connectivity index (χ3v) is 5.07. The summed E-state index contributed by atoms with van der Waals surface area (Å²) >= 11 is 0. The van der Waals surface area contributed by atoms with Crippen LogP contribution in [0.15, 0.2) is 91.5 Å². The molecule has 0 saturated heterocycles. The van der Waals surface area contributed by atoms with Gasteiger partial charge < -0.3 is 5.32 Å². The van der Waals surface area contributed by atoms with Gasteiger partial charge in [0.1, 0.15) is 18.5 Å². The average molecular weight is 408 g/mol. The van der Waals surface area contributed by atoms with Gasteiger partial charge in [0.2, 0.25) is 5.91 Å². The fourth-order valence-electron chi connectivity index (χ4n) is 3.64. The van der Waals surface area contributed by atoms with E-state index in [0.29, 0.717) is 12.8 Å². The number of aryl methyl sites for hydroxylation is 1. The molecule has 0 fully saturated rings. The van der Waals surface area contributed by atoms with E-state index in [4.69, 9.17) is 4.98 Å². The van der Waals surface area contributed by atoms with Gasteiger partial charge in [0.05, 0.1) is 16.7 Å². The monoisotopic (exact) mass is 408 g/mol. The molecule has 152 valence electrons. The van der Waals surface area contributed by atoms with Crippen LogP contribution in [0.4, 0.5) is 5.69 Å². The molecule has 0 atom stereocenters. The Morgan fingerprint density at radius 2 is 1.58 bits per heavy atom. The minimum Gasteiger partial charge on any atom is -0.326 e. The first kappa shape index (κ1) is 18.7. The van der Waals surface area contributed by atoms with Gasteiger partial charge in [-0.05, 0) is 42.5 Å². The third kappa shape index (κ3) is 3.93. The molecule has 0 aliphatic heterocycles. The Kier molecular flexibility index (Phi) is 4.98. The molecule has 0 saturated carbocycles. The molecule has 31 heavy (non-hydrogen) atoms. The molecule has 0 spiro atoms. The number of anilines is 1. The van der Waals surface area contributed by atoms with Gasteiger partial charge >= 0.3 is 0 Å². The largest absolute Gasteiger partial charge is 0.326 e. The molecule has 0 radical (unpaired) electrons. The SMILES string of the molecule is O=C(CCc1nc2ccccc2n1-c1ccccc1)Nc1cccc(-n2cnnc2)c1. The van der Waals surface area contributed by atoms with Crippen LogP contribution in [0.1, 0.15) is 12.2 Å². The summed E-state index contributed by atoms with van der Waals surface area (Å²) in [5.41, 5.74) is 4.60. The second-order valence-corrected chi connectivity index (χ2v) is 7.16. The molecule has 7 heteroatoms. The van der Waals surface area contributed by atoms with Crippen molar-refractivity contribution in [2.45, 2.75) is 12.8 Å². The molecule has 2 heterocycles. The second-order valence-electron chi connectivity index (χ2n) is 7.16. The van der Waals surface area contributed by atoms with Crippen LogP contribution in [0.5, 0.6) is 0 Å². The van der Waals surface area contributed by atoms with Crippen LogP contribution in [0.3, 0.4) is 0 Å². The van der Waals surface area contributed by atoms with Gasteiger partial charge in [-0.25, -0.2) is 4.98 Å². The number of carbonyl (C=O) groups is 1. The molecule has 3 aromatic carbocycles. The number of nitrogens with zero attached hydrogens (tertiary/aromatic N) is 5. The lowest BCUT2D eigenvalue weighted by Crippen LogP contribution is -2.14. The summed E-state index contributed by atoms with van der Waals surface area (Å²) in [6.07, 6.45) is 4.09. The molecule has 0 aliphatic rings. The fraction of sp³-hybridized carbons (Fsp3) is 0.0833. The van der Waals surface area contributed by atoms with E-state index in [-0.39, 0.29) is 5.91 Å². The predicted molar refractivity (Wildman–Crippen MR) is 119 cm³/mol. The van der Waals surface area contributed by atoms with Crippen LogP contribution >= 0.6 is 0 Å². The molecule has 2 aromatic heterocycles. The minimum atomic E-state index is -0.0624. The molecule has 5 aromatic rings. The molecule has 5 rings (SSSR count). The molecule has 0 unspecified atom stereocenters. The van der Waals surface area contributed by atoms with Crippen molar-refractivity contribution in [2.24, 2.45) is 0 Å². The molecular formula is C24H20N6O. The standard InChI is InChI=1S/C24H20N6O/c31-24(27-18-7-6-10-20(15-18)29-16-25-26-17-29)14-13-23-28-21-11-4-5-12-22(21)30(23)19-8-2-1-3-9-19/h1-12,15-17H,13-14H2,(H,27,31). The Morgan fingerprint density at radius 1 is 0.839 bits per heavy atom. The number of nitrogens with one attached hydrogen (secondary N) is 1. The Bertz CT molecular complexity index is 1320. The lowest BCUT2D eigenvalue weighted by atomic mass is 10.2. The van der Waals surface area contributed by atoms with E-state index in [0.717, 1.165) is 33.9 Å². The Morgan fingerprint density at radius 3 is 2.42 bits per heavy atom. The number of amides is 1. The molecule has 7 nitrogen and oxygen atoms in total. The van der Waals surface area contributed by atoms with Gasteiger partial charge in [-0.1, -0.05) is 36.4 Å². The molecule has 1 amide bonds. The van der Waals surface area contributed by atoms with Gasteiger partial charge in [0.15, 0.2) is 0 Å². The van der Waals surface area contributed by atoms with E-state index in [1.807, 2.05) is 72.8 Å². The van der Waals surface area contributed by atoms with Crippen molar-refractivity contribution in [3.8, 4) is 11.4 Å². The molecule has 1 N–H and O–H groups in total. The van der Waals surface area contributed by atoms with E-state index in [1.165, 1.54) is 0 Å². The Labute approximate surface area is 179 Å². The van der Waals surface area contributed by atoms with Crippen molar-refractivity contribution in [1.29, 1.82) is 0 Å². The maximum atomic E-state index is 12.7. The fourth-order valence-corrected chi connectivity index (χ4v) is 3.64. The zero-order chi connectivity index (χ0) is 21.0. The van der Waals surface area contributed by atoms with Crippen molar-refractivity contribution < 1.29 is 4.79 Å². The van der Waals surface area contributed by atoms with Crippen molar-refractivity contribution in [3.05, 3.63) is 97.3 Å². The lowest BCUT2D eigenvalue weighted by molar-refractivity contribution is -0.116. The highest BCUT2D eigenvalue weighted by Crippen LogP contribution is 2.22. The first-order valence-electron chi connectivity index (χ1n) is 10.0. The second kappa shape index (κ2) is 8.23. The Hall–Kier alpha value is -4.26. The van der Waals surface area contributed by atoms with Crippen molar-refractivity contribution in [3.63, 3.8) is 0 Å². The van der Waals surface area contributed by atoms with E-state index in [2.05, 4.69) is 26.1 Å². The maximum Gasteiger partial charge on any atom is 0.224 e. The van der Waals surface area contributed by atoms with Crippen LogP contribution in [0, 0.1) is 0 Å². The summed E-state index contributed by atoms with van der Waals surface area (Å²) in [5, 5.41) is 10.6. The van der Waals surface area contributed by atoms with Gasteiger partial charge in [0.25, 0.3) is 0 Å². The van der Waals surface area contributed by atoms with Crippen molar-refractivity contribution in [1.82, 2.24) is 24.3 Å². The summed E-state index contributed by atoms with van der Waals surface area (Å²) in [7, 11) is 0. The van der Waals surface area contributed by atoms with Crippen LogP contribution in [-0.4, -0.2) is 30.2 Å². The summed E-state index contributed by atoms with van der Waals surface area (Å²) in [6.45, 7) is 0. The molecular weight excluding hydrogens is 388 g/mol. The number of carbonyl (C=O) groups excluding carboxylic acids is 1. The van der Waals surface area contributed by atoms with Crippen LogP contribution in [-0.2, 0) is 11.2 Å². The number of hydrogen-bond donors (Lipinski definition) is 1. The van der Waals surface area contributed by atoms with Gasteiger partial charge in [-0.15, -0.1) is 10.2 Å². The molecule has 0 bridgehead atoms. The Balaban J connectivity index is 1.35. The van der Waals surface area contributed by atoms with E-state index in [1.54, 1.807) is 17.2 Å². The topological polar surface area (TPSA) is 77.6 Å². The van der Waals surface area contributed by atoms with E-state index >= 15 is 0 Å². The first-order chi connectivity index (χ1) is 15.3. The predicted octanol–water partition coefficient (Wildman–Crippen LogP) is 4.18. The highest BCUT2D eigenvalue weighted by molar-refractivity contribution is 5.91. The van der Waals surface area contributed by atoms with Crippen molar-refractivity contribution >= 4 is 22.6 Å². The number of rotatable bonds is 6. The third-order valence-electron chi connectivity index (χ3n) is 5.07. The highest BCUT2D eigenvalue weighted by atomic mass is 16.1. The van der Waals surface area contributed by atoms with Crippen LogP contribution in [0.2, 0.25) is 0 Å². The van der Waals surface area contributed by atoms with Gasteiger partial charge in [0, 0.05) is 24.2 Å².